The molecule has 0 unspecified atom stereocenters. The van der Waals surface area contributed by atoms with Crippen LogP contribution in [0.5, 0.6) is 0 Å². The summed E-state index contributed by atoms with van der Waals surface area (Å²) < 4.78 is 14.4. The van der Waals surface area contributed by atoms with E-state index < -0.39 is 5.82 Å². The zero-order valence-electron chi connectivity index (χ0n) is 11.4. The number of anilines is 1. The Balaban J connectivity index is 2.45. The van der Waals surface area contributed by atoms with E-state index in [0.717, 1.165) is 11.3 Å². The number of rotatable bonds is 3. The van der Waals surface area contributed by atoms with Gasteiger partial charge in [0.2, 0.25) is 0 Å². The quantitative estimate of drug-likeness (QED) is 0.804. The van der Waals surface area contributed by atoms with Crippen LogP contribution in [-0.4, -0.2) is 12.5 Å². The Morgan fingerprint density at radius 1 is 1.20 bits per heavy atom. The van der Waals surface area contributed by atoms with Gasteiger partial charge in [0.1, 0.15) is 5.82 Å². The number of hydrogen-bond donors (Lipinski definition) is 0. The van der Waals surface area contributed by atoms with E-state index in [-0.39, 0.29) is 11.5 Å². The lowest BCUT2D eigenvalue weighted by atomic mass is 10.1. The minimum absolute atomic E-state index is 0.0736. The van der Waals surface area contributed by atoms with Crippen molar-refractivity contribution in [3.63, 3.8) is 0 Å². The summed E-state index contributed by atoms with van der Waals surface area (Å²) in [5, 5.41) is 0. The van der Waals surface area contributed by atoms with E-state index in [2.05, 4.69) is 15.9 Å². The molecule has 2 nitrogen and oxygen atoms in total. The van der Waals surface area contributed by atoms with E-state index in [1.165, 1.54) is 6.07 Å². The van der Waals surface area contributed by atoms with E-state index in [0.29, 0.717) is 11.0 Å². The predicted molar refractivity (Wildman–Crippen MR) is 82.6 cm³/mol. The molecule has 0 bridgehead atoms. The molecule has 0 saturated heterocycles. The Morgan fingerprint density at radius 2 is 1.90 bits per heavy atom. The molecule has 0 aromatic heterocycles. The fourth-order valence-corrected chi connectivity index (χ4v) is 2.47. The lowest BCUT2D eigenvalue weighted by Crippen LogP contribution is -2.31. The van der Waals surface area contributed by atoms with Crippen molar-refractivity contribution in [2.75, 3.05) is 11.4 Å². The molecule has 0 heterocycles. The van der Waals surface area contributed by atoms with Crippen LogP contribution in [-0.2, 0) is 0 Å². The molecule has 0 atom stereocenters. The molecule has 104 valence electrons. The number of nitrogens with zero attached hydrogens (tertiary/aromatic N) is 1. The molecule has 1 amide bonds. The SMILES string of the molecule is CCN(C(=O)c1cccc(Br)c1F)c1ccccc1C. The minimum Gasteiger partial charge on any atom is -0.308 e. The largest absolute Gasteiger partial charge is 0.308 e. The molecule has 2 aromatic carbocycles. The van der Waals surface area contributed by atoms with Crippen molar-refractivity contribution in [2.45, 2.75) is 13.8 Å². The van der Waals surface area contributed by atoms with Gasteiger partial charge in [0, 0.05) is 12.2 Å². The number of halogens is 2. The third-order valence-corrected chi connectivity index (χ3v) is 3.76. The molecule has 0 radical (unpaired) electrons. The van der Waals surface area contributed by atoms with Crippen LogP contribution in [0.3, 0.4) is 0 Å². The van der Waals surface area contributed by atoms with Crippen molar-refractivity contribution >= 4 is 27.5 Å². The van der Waals surface area contributed by atoms with Crippen molar-refractivity contribution in [3.8, 4) is 0 Å². The van der Waals surface area contributed by atoms with Gasteiger partial charge in [0.15, 0.2) is 0 Å². The summed E-state index contributed by atoms with van der Waals surface area (Å²) in [6, 6.07) is 12.3. The Hall–Kier alpha value is -1.68. The van der Waals surface area contributed by atoms with Crippen LogP contribution in [0.1, 0.15) is 22.8 Å². The standard InChI is InChI=1S/C16H15BrFNO/c1-3-19(14-10-5-4-7-11(14)2)16(20)12-8-6-9-13(17)15(12)18/h4-10H,3H2,1-2H3. The van der Waals surface area contributed by atoms with Crippen LogP contribution in [0.4, 0.5) is 10.1 Å². The average Bonchev–Trinajstić information content (AvgIpc) is 2.44. The third kappa shape index (κ3) is 2.75. The van der Waals surface area contributed by atoms with Gasteiger partial charge in [0.25, 0.3) is 5.91 Å². The second-order valence-electron chi connectivity index (χ2n) is 4.44. The number of amides is 1. The highest BCUT2D eigenvalue weighted by molar-refractivity contribution is 9.10. The molecule has 0 N–H and O–H groups in total. The summed E-state index contributed by atoms with van der Waals surface area (Å²) >= 11 is 3.11. The van der Waals surface area contributed by atoms with Gasteiger partial charge in [-0.1, -0.05) is 24.3 Å². The first-order valence-electron chi connectivity index (χ1n) is 6.37. The predicted octanol–water partition coefficient (Wildman–Crippen LogP) is 4.56. The molecule has 0 saturated carbocycles. The smallest absolute Gasteiger partial charge is 0.261 e. The third-order valence-electron chi connectivity index (χ3n) is 3.15. The molecule has 0 aliphatic carbocycles. The summed E-state index contributed by atoms with van der Waals surface area (Å²) in [5.74, 6) is -0.856. The van der Waals surface area contributed by atoms with Crippen LogP contribution in [0.15, 0.2) is 46.9 Å². The number of para-hydroxylation sites is 1. The maximum absolute atomic E-state index is 14.1. The van der Waals surface area contributed by atoms with Gasteiger partial charge in [-0.2, -0.15) is 0 Å². The fraction of sp³-hybridized carbons (Fsp3) is 0.188. The maximum Gasteiger partial charge on any atom is 0.261 e. The molecule has 2 aromatic rings. The summed E-state index contributed by atoms with van der Waals surface area (Å²) in [7, 11) is 0. The molecule has 4 heteroatoms. The van der Waals surface area contributed by atoms with Crippen LogP contribution in [0.25, 0.3) is 0 Å². The van der Waals surface area contributed by atoms with Gasteiger partial charge in [-0.3, -0.25) is 4.79 Å². The van der Waals surface area contributed by atoms with E-state index in [1.807, 2.05) is 38.1 Å². The van der Waals surface area contributed by atoms with Gasteiger partial charge >= 0.3 is 0 Å². The normalized spacial score (nSPS) is 10.4. The van der Waals surface area contributed by atoms with E-state index in [4.69, 9.17) is 0 Å². The first kappa shape index (κ1) is 14.7. The molecule has 0 fully saturated rings. The number of carbonyl (C=O) groups excluding carboxylic acids is 1. The number of benzene rings is 2. The molecule has 20 heavy (non-hydrogen) atoms. The van der Waals surface area contributed by atoms with Crippen molar-refractivity contribution < 1.29 is 9.18 Å². The zero-order valence-corrected chi connectivity index (χ0v) is 12.9. The van der Waals surface area contributed by atoms with Crippen LogP contribution >= 0.6 is 15.9 Å². The monoisotopic (exact) mass is 335 g/mol. The van der Waals surface area contributed by atoms with Crippen LogP contribution in [0.2, 0.25) is 0 Å². The molecule has 0 aliphatic heterocycles. The van der Waals surface area contributed by atoms with Gasteiger partial charge in [0.05, 0.1) is 10.0 Å². The van der Waals surface area contributed by atoms with E-state index >= 15 is 0 Å². The van der Waals surface area contributed by atoms with Gasteiger partial charge in [-0.05, 0) is 53.5 Å². The minimum atomic E-state index is -0.524. The van der Waals surface area contributed by atoms with Crippen LogP contribution < -0.4 is 4.90 Å². The van der Waals surface area contributed by atoms with E-state index in [1.54, 1.807) is 17.0 Å². The van der Waals surface area contributed by atoms with Crippen molar-refractivity contribution in [1.82, 2.24) is 0 Å². The molecule has 0 spiro atoms. The lowest BCUT2D eigenvalue weighted by Gasteiger charge is -2.23. The number of carbonyl (C=O) groups is 1. The summed E-state index contributed by atoms with van der Waals surface area (Å²) in [5.41, 5.74) is 1.86. The zero-order chi connectivity index (χ0) is 14.7. The topological polar surface area (TPSA) is 20.3 Å². The number of hydrogen-bond acceptors (Lipinski definition) is 1. The Bertz CT molecular complexity index is 642. The van der Waals surface area contributed by atoms with Crippen molar-refractivity contribution in [1.29, 1.82) is 0 Å². The highest BCUT2D eigenvalue weighted by Gasteiger charge is 2.21. The highest BCUT2D eigenvalue weighted by atomic mass is 79.9. The van der Waals surface area contributed by atoms with Gasteiger partial charge in [-0.15, -0.1) is 0 Å². The average molecular weight is 336 g/mol. The van der Waals surface area contributed by atoms with Crippen molar-refractivity contribution in [3.05, 3.63) is 63.9 Å². The summed E-state index contributed by atoms with van der Waals surface area (Å²) in [6.07, 6.45) is 0. The molecular weight excluding hydrogens is 321 g/mol. The first-order valence-corrected chi connectivity index (χ1v) is 7.17. The molecule has 2 rings (SSSR count). The second kappa shape index (κ2) is 6.18. The second-order valence-corrected chi connectivity index (χ2v) is 5.29. The van der Waals surface area contributed by atoms with E-state index in [9.17, 15) is 9.18 Å². The fourth-order valence-electron chi connectivity index (χ4n) is 2.10. The number of aryl methyl sites for hydroxylation is 1. The lowest BCUT2D eigenvalue weighted by molar-refractivity contribution is 0.0984. The Labute approximate surface area is 126 Å². The molecular formula is C16H15BrFNO. The molecule has 0 aliphatic rings. The summed E-state index contributed by atoms with van der Waals surface area (Å²) in [6.45, 7) is 4.29. The van der Waals surface area contributed by atoms with Crippen LogP contribution in [0, 0.1) is 12.7 Å². The first-order chi connectivity index (χ1) is 9.56. The Kier molecular flexibility index (Phi) is 4.55. The maximum atomic E-state index is 14.1. The summed E-state index contributed by atoms with van der Waals surface area (Å²) in [4.78, 5) is 14.2. The highest BCUT2D eigenvalue weighted by Crippen LogP contribution is 2.24. The van der Waals surface area contributed by atoms with Gasteiger partial charge < -0.3 is 4.90 Å². The Morgan fingerprint density at radius 3 is 2.55 bits per heavy atom. The van der Waals surface area contributed by atoms with Crippen molar-refractivity contribution in [2.24, 2.45) is 0 Å². The van der Waals surface area contributed by atoms with Gasteiger partial charge in [-0.25, -0.2) is 4.39 Å².